The minimum atomic E-state index is -4.56. The fourth-order valence-electron chi connectivity index (χ4n) is 2.29. The van der Waals surface area contributed by atoms with E-state index >= 15 is 0 Å². The molecule has 0 bridgehead atoms. The molecule has 0 atom stereocenters. The van der Waals surface area contributed by atoms with Gasteiger partial charge in [-0.1, -0.05) is 23.7 Å². The second kappa shape index (κ2) is 8.25. The molecule has 0 spiro atoms. The minimum absolute atomic E-state index is 0.0752. The van der Waals surface area contributed by atoms with Gasteiger partial charge in [0.2, 0.25) is 5.91 Å². The summed E-state index contributed by atoms with van der Waals surface area (Å²) < 4.78 is 43.5. The minimum Gasteiger partial charge on any atom is -0.497 e. The van der Waals surface area contributed by atoms with Crippen molar-refractivity contribution in [1.82, 2.24) is 0 Å². The lowest BCUT2D eigenvalue weighted by molar-refractivity contribution is -0.137. The number of aryl methyl sites for hydroxylation is 1. The molecule has 0 saturated heterocycles. The Morgan fingerprint density at radius 2 is 1.84 bits per heavy atom. The Morgan fingerprint density at radius 3 is 2.44 bits per heavy atom. The fraction of sp³-hybridized carbons (Fsp3) is 0.278. The van der Waals surface area contributed by atoms with Crippen LogP contribution in [0.1, 0.15) is 24.0 Å². The summed E-state index contributed by atoms with van der Waals surface area (Å²) in [6, 6.07) is 10.8. The molecule has 2 aromatic carbocycles. The van der Waals surface area contributed by atoms with Gasteiger partial charge in [-0.25, -0.2) is 0 Å². The normalized spacial score (nSPS) is 11.2. The predicted molar refractivity (Wildman–Crippen MR) is 91.0 cm³/mol. The Bertz CT molecular complexity index is 730. The lowest BCUT2D eigenvalue weighted by Gasteiger charge is -2.11. The standard InChI is InChI=1S/C18H17ClF3NO2/c1-25-14-8-5-12(6-9-14)3-2-4-17(24)23-13-7-10-16(19)15(11-13)18(20,21)22/h5-11H,2-4H2,1H3,(H,23,24). The van der Waals surface area contributed by atoms with Crippen molar-refractivity contribution in [2.24, 2.45) is 0 Å². The van der Waals surface area contributed by atoms with Crippen molar-refractivity contribution >= 4 is 23.2 Å². The van der Waals surface area contributed by atoms with E-state index in [1.165, 1.54) is 6.07 Å². The summed E-state index contributed by atoms with van der Waals surface area (Å²) in [6.07, 6.45) is -3.09. The molecular formula is C18H17ClF3NO2. The number of ether oxygens (including phenoxy) is 1. The molecule has 0 unspecified atom stereocenters. The van der Waals surface area contributed by atoms with Crippen LogP contribution in [0.5, 0.6) is 5.75 Å². The highest BCUT2D eigenvalue weighted by Crippen LogP contribution is 2.36. The van der Waals surface area contributed by atoms with E-state index in [2.05, 4.69) is 5.32 Å². The van der Waals surface area contributed by atoms with Gasteiger partial charge in [0.05, 0.1) is 17.7 Å². The molecule has 0 aliphatic carbocycles. The summed E-state index contributed by atoms with van der Waals surface area (Å²) in [5.74, 6) is 0.411. The third-order valence-corrected chi connectivity index (χ3v) is 3.91. The SMILES string of the molecule is COc1ccc(CCCC(=O)Nc2ccc(Cl)c(C(F)(F)F)c2)cc1. The van der Waals surface area contributed by atoms with Gasteiger partial charge in [-0.15, -0.1) is 0 Å². The van der Waals surface area contributed by atoms with Gasteiger partial charge in [-0.05, 0) is 48.7 Å². The lowest BCUT2D eigenvalue weighted by atomic mass is 10.1. The molecule has 2 rings (SSSR count). The van der Waals surface area contributed by atoms with Crippen LogP contribution in [-0.4, -0.2) is 13.0 Å². The zero-order chi connectivity index (χ0) is 18.4. The topological polar surface area (TPSA) is 38.3 Å². The molecule has 25 heavy (non-hydrogen) atoms. The molecule has 0 aliphatic rings. The number of anilines is 1. The van der Waals surface area contributed by atoms with Gasteiger partial charge in [0.1, 0.15) is 5.75 Å². The predicted octanol–water partition coefficient (Wildman–Crippen LogP) is 5.33. The molecule has 1 N–H and O–H groups in total. The van der Waals surface area contributed by atoms with Crippen LogP contribution < -0.4 is 10.1 Å². The van der Waals surface area contributed by atoms with Crippen molar-refractivity contribution in [2.45, 2.75) is 25.4 Å². The van der Waals surface area contributed by atoms with Crippen molar-refractivity contribution in [2.75, 3.05) is 12.4 Å². The molecule has 0 heterocycles. The fourth-order valence-corrected chi connectivity index (χ4v) is 2.51. The number of alkyl halides is 3. The molecular weight excluding hydrogens is 355 g/mol. The first-order valence-electron chi connectivity index (χ1n) is 7.59. The monoisotopic (exact) mass is 371 g/mol. The second-order valence-corrected chi connectivity index (χ2v) is 5.85. The molecule has 3 nitrogen and oxygen atoms in total. The molecule has 0 aliphatic heterocycles. The summed E-state index contributed by atoms with van der Waals surface area (Å²) in [5.41, 5.74) is 0.163. The highest BCUT2D eigenvalue weighted by Gasteiger charge is 2.33. The Kier molecular flexibility index (Phi) is 6.31. The van der Waals surface area contributed by atoms with Crippen LogP contribution in [0.3, 0.4) is 0 Å². The van der Waals surface area contributed by atoms with Gasteiger partial charge in [0, 0.05) is 12.1 Å². The highest BCUT2D eigenvalue weighted by atomic mass is 35.5. The summed E-state index contributed by atoms with van der Waals surface area (Å²) >= 11 is 5.55. The number of nitrogens with one attached hydrogen (secondary N) is 1. The molecule has 0 radical (unpaired) electrons. The van der Waals surface area contributed by atoms with E-state index in [0.717, 1.165) is 23.4 Å². The van der Waals surface area contributed by atoms with E-state index < -0.39 is 16.8 Å². The Hall–Kier alpha value is -2.21. The quantitative estimate of drug-likeness (QED) is 0.745. The molecule has 2 aromatic rings. The van der Waals surface area contributed by atoms with Gasteiger partial charge in [-0.3, -0.25) is 4.79 Å². The molecule has 7 heteroatoms. The van der Waals surface area contributed by atoms with Gasteiger partial charge in [-0.2, -0.15) is 13.2 Å². The van der Waals surface area contributed by atoms with Crippen LogP contribution in [-0.2, 0) is 17.4 Å². The smallest absolute Gasteiger partial charge is 0.417 e. The van der Waals surface area contributed by atoms with Gasteiger partial charge in [0.15, 0.2) is 0 Å². The van der Waals surface area contributed by atoms with Crippen LogP contribution in [0.15, 0.2) is 42.5 Å². The first-order valence-corrected chi connectivity index (χ1v) is 7.97. The van der Waals surface area contributed by atoms with E-state index in [1.807, 2.05) is 24.3 Å². The number of amides is 1. The summed E-state index contributed by atoms with van der Waals surface area (Å²) in [4.78, 5) is 11.9. The maximum absolute atomic E-state index is 12.8. The third kappa shape index (κ3) is 5.67. The first-order chi connectivity index (χ1) is 11.8. The maximum Gasteiger partial charge on any atom is 0.417 e. The lowest BCUT2D eigenvalue weighted by Crippen LogP contribution is -2.13. The third-order valence-electron chi connectivity index (χ3n) is 3.58. The molecule has 0 saturated carbocycles. The molecule has 134 valence electrons. The number of rotatable bonds is 6. The van der Waals surface area contributed by atoms with Crippen molar-refractivity contribution in [1.29, 1.82) is 0 Å². The number of hydrogen-bond acceptors (Lipinski definition) is 2. The van der Waals surface area contributed by atoms with Crippen LogP contribution in [0.2, 0.25) is 5.02 Å². The van der Waals surface area contributed by atoms with E-state index in [-0.39, 0.29) is 18.0 Å². The van der Waals surface area contributed by atoms with Gasteiger partial charge >= 0.3 is 6.18 Å². The summed E-state index contributed by atoms with van der Waals surface area (Å²) in [5, 5.41) is 2.07. The number of benzene rings is 2. The van der Waals surface area contributed by atoms with Gasteiger partial charge in [0.25, 0.3) is 0 Å². The molecule has 0 fully saturated rings. The van der Waals surface area contributed by atoms with Crippen molar-refractivity contribution in [3.8, 4) is 5.75 Å². The van der Waals surface area contributed by atoms with Crippen LogP contribution in [0, 0.1) is 0 Å². The average molecular weight is 372 g/mol. The van der Waals surface area contributed by atoms with E-state index in [9.17, 15) is 18.0 Å². The Labute approximate surface area is 148 Å². The summed E-state index contributed by atoms with van der Waals surface area (Å²) in [7, 11) is 1.58. The van der Waals surface area contributed by atoms with E-state index in [4.69, 9.17) is 16.3 Å². The van der Waals surface area contributed by atoms with E-state index in [1.54, 1.807) is 7.11 Å². The number of methoxy groups -OCH3 is 1. The van der Waals surface area contributed by atoms with E-state index in [0.29, 0.717) is 12.8 Å². The van der Waals surface area contributed by atoms with Gasteiger partial charge < -0.3 is 10.1 Å². The average Bonchev–Trinajstić information content (AvgIpc) is 2.56. The Morgan fingerprint density at radius 1 is 1.16 bits per heavy atom. The van der Waals surface area contributed by atoms with Crippen LogP contribution in [0.4, 0.5) is 18.9 Å². The maximum atomic E-state index is 12.8. The largest absolute Gasteiger partial charge is 0.497 e. The highest BCUT2D eigenvalue weighted by molar-refractivity contribution is 6.31. The zero-order valence-corrected chi connectivity index (χ0v) is 14.2. The Balaban J connectivity index is 1.87. The summed E-state index contributed by atoms with van der Waals surface area (Å²) in [6.45, 7) is 0. The van der Waals surface area contributed by atoms with Crippen LogP contribution in [0.25, 0.3) is 0 Å². The van der Waals surface area contributed by atoms with Crippen molar-refractivity contribution < 1.29 is 22.7 Å². The number of halogens is 4. The number of carbonyl (C=O) groups is 1. The van der Waals surface area contributed by atoms with Crippen molar-refractivity contribution in [3.05, 3.63) is 58.6 Å². The van der Waals surface area contributed by atoms with Crippen LogP contribution >= 0.6 is 11.6 Å². The molecule has 0 aromatic heterocycles. The first kappa shape index (κ1) is 19.1. The van der Waals surface area contributed by atoms with Crippen molar-refractivity contribution in [3.63, 3.8) is 0 Å². The number of carbonyl (C=O) groups excluding carboxylic acids is 1. The number of hydrogen-bond donors (Lipinski definition) is 1. The zero-order valence-electron chi connectivity index (χ0n) is 13.5. The molecule has 1 amide bonds. The second-order valence-electron chi connectivity index (χ2n) is 5.44.